The SMILES string of the molecule is CN=C(N)S[C@@]1(COC)C[C@H]1c1cc(NC(=O)c2cnc(OCC3COC3)cn2)cc(F)c1F. The fourth-order valence-corrected chi connectivity index (χ4v) is 4.91. The van der Waals surface area contributed by atoms with Crippen LogP contribution in [-0.2, 0) is 9.47 Å². The second-order valence-corrected chi connectivity index (χ2v) is 9.62. The third kappa shape index (κ3) is 5.29. The predicted octanol–water partition coefficient (Wildman–Crippen LogP) is 2.58. The fourth-order valence-electron chi connectivity index (χ4n) is 3.70. The highest BCUT2D eigenvalue weighted by molar-refractivity contribution is 8.15. The molecule has 34 heavy (non-hydrogen) atoms. The molecule has 12 heteroatoms. The molecule has 9 nitrogen and oxygen atoms in total. The number of nitrogens with one attached hydrogen (secondary N) is 1. The molecule has 3 N–H and O–H groups in total. The standard InChI is InChI=1S/C22H25F2N5O4S/c1-26-21(25)34-22(11-31-2)5-15(22)14-3-13(4-16(23)19(14)24)29-20(30)17-6-28-18(7-27-17)33-10-12-8-32-9-12/h3-4,6-7,12,15H,5,8-11H2,1-2H3,(H2,25,26)(H,29,30)/t15-,22+/m0/s1. The first-order valence-corrected chi connectivity index (χ1v) is 11.4. The summed E-state index contributed by atoms with van der Waals surface area (Å²) in [4.78, 5) is 24.7. The summed E-state index contributed by atoms with van der Waals surface area (Å²) < 4.78 is 44.4. The van der Waals surface area contributed by atoms with Crippen LogP contribution in [0, 0.1) is 17.6 Å². The third-order valence-electron chi connectivity index (χ3n) is 5.67. The van der Waals surface area contributed by atoms with Gasteiger partial charge >= 0.3 is 0 Å². The lowest BCUT2D eigenvalue weighted by Gasteiger charge is -2.25. The Morgan fingerprint density at radius 2 is 2.15 bits per heavy atom. The van der Waals surface area contributed by atoms with Crippen LogP contribution < -0.4 is 15.8 Å². The molecule has 4 rings (SSSR count). The monoisotopic (exact) mass is 493 g/mol. The number of thioether (sulfide) groups is 1. The highest BCUT2D eigenvalue weighted by atomic mass is 32.2. The van der Waals surface area contributed by atoms with Gasteiger partial charge in [-0.25, -0.2) is 18.7 Å². The van der Waals surface area contributed by atoms with Crippen molar-refractivity contribution >= 4 is 28.5 Å². The third-order valence-corrected chi connectivity index (χ3v) is 7.03. The minimum atomic E-state index is -1.07. The topological polar surface area (TPSA) is 121 Å². The Balaban J connectivity index is 1.46. The molecular formula is C22H25F2N5O4S. The molecule has 1 saturated carbocycles. The molecule has 2 atom stereocenters. The van der Waals surface area contributed by atoms with Gasteiger partial charge in [0.25, 0.3) is 5.91 Å². The number of carbonyl (C=O) groups excluding carboxylic acids is 1. The Morgan fingerprint density at radius 1 is 1.35 bits per heavy atom. The van der Waals surface area contributed by atoms with Crippen molar-refractivity contribution in [3.05, 3.63) is 47.4 Å². The predicted molar refractivity (Wildman–Crippen MR) is 123 cm³/mol. The Hall–Kier alpha value is -2.83. The summed E-state index contributed by atoms with van der Waals surface area (Å²) in [5.41, 5.74) is 6.11. The maximum atomic E-state index is 14.7. The lowest BCUT2D eigenvalue weighted by molar-refractivity contribution is -0.0514. The van der Waals surface area contributed by atoms with Gasteiger partial charge in [-0.2, -0.15) is 0 Å². The molecule has 0 unspecified atom stereocenters. The van der Waals surface area contributed by atoms with Gasteiger partial charge in [0.15, 0.2) is 16.8 Å². The zero-order valence-corrected chi connectivity index (χ0v) is 19.5. The number of nitrogens with zero attached hydrogens (tertiary/aromatic N) is 3. The van der Waals surface area contributed by atoms with Crippen LogP contribution in [0.25, 0.3) is 0 Å². The molecule has 1 aromatic heterocycles. The number of aliphatic imine (C=N–C) groups is 1. The van der Waals surface area contributed by atoms with Gasteiger partial charge in [-0.3, -0.25) is 9.79 Å². The molecule has 2 aromatic rings. The summed E-state index contributed by atoms with van der Waals surface area (Å²) in [5.74, 6) is -2.39. The summed E-state index contributed by atoms with van der Waals surface area (Å²) in [6.07, 6.45) is 3.12. The van der Waals surface area contributed by atoms with Crippen LogP contribution >= 0.6 is 11.8 Å². The molecule has 2 heterocycles. The lowest BCUT2D eigenvalue weighted by Crippen LogP contribution is -2.32. The Morgan fingerprint density at radius 3 is 2.76 bits per heavy atom. The van der Waals surface area contributed by atoms with Crippen molar-refractivity contribution < 1.29 is 27.8 Å². The van der Waals surface area contributed by atoms with Crippen LogP contribution in [0.5, 0.6) is 5.88 Å². The van der Waals surface area contributed by atoms with E-state index in [2.05, 4.69) is 20.3 Å². The van der Waals surface area contributed by atoms with Crippen LogP contribution in [0.15, 0.2) is 29.5 Å². The number of rotatable bonds is 9. The van der Waals surface area contributed by atoms with Crippen molar-refractivity contribution in [1.29, 1.82) is 0 Å². The Bertz CT molecular complexity index is 1080. The summed E-state index contributed by atoms with van der Waals surface area (Å²) in [6.45, 7) is 2.04. The summed E-state index contributed by atoms with van der Waals surface area (Å²) in [7, 11) is 3.09. The second-order valence-electron chi connectivity index (χ2n) is 8.19. The number of nitrogens with two attached hydrogens (primary N) is 1. The quantitative estimate of drug-likeness (QED) is 0.404. The molecule has 2 fully saturated rings. The molecule has 1 aromatic carbocycles. The van der Waals surface area contributed by atoms with E-state index in [1.807, 2.05) is 0 Å². The average molecular weight is 494 g/mol. The number of aromatic nitrogens is 2. The molecule has 182 valence electrons. The van der Waals surface area contributed by atoms with E-state index < -0.39 is 22.3 Å². The van der Waals surface area contributed by atoms with Gasteiger partial charge in [0.2, 0.25) is 5.88 Å². The number of amidine groups is 1. The Kier molecular flexibility index (Phi) is 7.29. The molecule has 2 aliphatic rings. The zero-order valence-electron chi connectivity index (χ0n) is 18.7. The number of methoxy groups -OCH3 is 1. The van der Waals surface area contributed by atoms with Gasteiger partial charge in [-0.1, -0.05) is 11.8 Å². The second kappa shape index (κ2) is 10.2. The number of ether oxygens (including phenoxy) is 3. The van der Waals surface area contributed by atoms with Gasteiger partial charge in [0.05, 0.1) is 43.6 Å². The van der Waals surface area contributed by atoms with Crippen molar-refractivity contribution in [1.82, 2.24) is 9.97 Å². The number of benzene rings is 1. The van der Waals surface area contributed by atoms with Crippen molar-refractivity contribution in [2.45, 2.75) is 17.1 Å². The van der Waals surface area contributed by atoms with Crippen molar-refractivity contribution in [3.63, 3.8) is 0 Å². The molecule has 1 aliphatic heterocycles. The minimum absolute atomic E-state index is 0.00764. The van der Waals surface area contributed by atoms with E-state index >= 15 is 0 Å². The van der Waals surface area contributed by atoms with Crippen molar-refractivity contribution in [2.24, 2.45) is 16.6 Å². The van der Waals surface area contributed by atoms with Crippen LogP contribution in [0.4, 0.5) is 14.5 Å². The molecule has 1 amide bonds. The molecule has 1 aliphatic carbocycles. The van der Waals surface area contributed by atoms with E-state index in [1.165, 1.54) is 37.3 Å². The van der Waals surface area contributed by atoms with E-state index in [0.717, 1.165) is 6.07 Å². The maximum absolute atomic E-state index is 14.7. The zero-order chi connectivity index (χ0) is 24.3. The average Bonchev–Trinajstić information content (AvgIpc) is 3.48. The van der Waals surface area contributed by atoms with Gasteiger partial charge < -0.3 is 25.3 Å². The van der Waals surface area contributed by atoms with E-state index in [4.69, 9.17) is 19.9 Å². The summed E-state index contributed by atoms with van der Waals surface area (Å²) >= 11 is 1.27. The van der Waals surface area contributed by atoms with Gasteiger partial charge in [0, 0.05) is 37.7 Å². The lowest BCUT2D eigenvalue weighted by atomic mass is 10.1. The summed E-state index contributed by atoms with van der Waals surface area (Å²) in [6, 6.07) is 2.35. The van der Waals surface area contributed by atoms with Crippen molar-refractivity contribution in [3.8, 4) is 5.88 Å². The minimum Gasteiger partial charge on any atom is -0.476 e. The van der Waals surface area contributed by atoms with Crippen molar-refractivity contribution in [2.75, 3.05) is 45.9 Å². The van der Waals surface area contributed by atoms with Crippen LogP contribution in [0.2, 0.25) is 0 Å². The van der Waals surface area contributed by atoms with Gasteiger partial charge in [0.1, 0.15) is 5.69 Å². The van der Waals surface area contributed by atoms with E-state index in [0.29, 0.717) is 37.3 Å². The first-order chi connectivity index (χ1) is 16.3. The highest BCUT2D eigenvalue weighted by Gasteiger charge is 2.57. The number of hydrogen-bond acceptors (Lipinski definition) is 8. The first kappa shape index (κ1) is 24.3. The van der Waals surface area contributed by atoms with Gasteiger partial charge in [-0.15, -0.1) is 0 Å². The Labute approximate surface area is 199 Å². The number of amides is 1. The molecule has 1 saturated heterocycles. The van der Waals surface area contributed by atoms with Crippen LogP contribution in [0.3, 0.4) is 0 Å². The molecule has 0 spiro atoms. The van der Waals surface area contributed by atoms with E-state index in [9.17, 15) is 13.6 Å². The maximum Gasteiger partial charge on any atom is 0.275 e. The number of anilines is 1. The number of halogens is 2. The number of carbonyl (C=O) groups is 1. The summed E-state index contributed by atoms with van der Waals surface area (Å²) in [5, 5.41) is 2.89. The van der Waals surface area contributed by atoms with E-state index in [-0.39, 0.29) is 35.3 Å². The molecular weight excluding hydrogens is 468 g/mol. The molecule has 0 radical (unpaired) electrons. The largest absolute Gasteiger partial charge is 0.476 e. The smallest absolute Gasteiger partial charge is 0.275 e. The van der Waals surface area contributed by atoms with Gasteiger partial charge in [-0.05, 0) is 18.1 Å². The van der Waals surface area contributed by atoms with E-state index in [1.54, 1.807) is 7.05 Å². The van der Waals surface area contributed by atoms with Crippen LogP contribution in [-0.4, -0.2) is 66.4 Å². The fraction of sp³-hybridized carbons (Fsp3) is 0.455. The number of hydrogen-bond donors (Lipinski definition) is 2. The molecule has 0 bridgehead atoms. The van der Waals surface area contributed by atoms with Crippen LogP contribution in [0.1, 0.15) is 28.4 Å². The first-order valence-electron chi connectivity index (χ1n) is 10.6. The normalized spacial score (nSPS) is 22.2. The highest BCUT2D eigenvalue weighted by Crippen LogP contribution is 2.61.